The van der Waals surface area contributed by atoms with Gasteiger partial charge in [-0.15, -0.1) is 5.10 Å². The van der Waals surface area contributed by atoms with Crippen molar-refractivity contribution in [1.82, 2.24) is 15.0 Å². The number of carbonyl (C=O) groups excluding carboxylic acids is 1. The average Bonchev–Trinajstić information content (AvgIpc) is 3.47. The molecule has 0 radical (unpaired) electrons. The molecule has 0 bridgehead atoms. The Morgan fingerprint density at radius 2 is 1.90 bits per heavy atom. The topological polar surface area (TPSA) is 66.2 Å². The van der Waals surface area contributed by atoms with Crippen LogP contribution in [-0.2, 0) is 16.1 Å². The molecule has 6 nitrogen and oxygen atoms in total. The number of rotatable bonds is 6. The molecule has 214 valence electrons. The first-order chi connectivity index (χ1) is 18.6. The number of ketones is 1. The van der Waals surface area contributed by atoms with Crippen LogP contribution >= 0.6 is 0 Å². The molecule has 1 aromatic heterocycles. The van der Waals surface area contributed by atoms with E-state index in [0.717, 1.165) is 44.0 Å². The van der Waals surface area contributed by atoms with Crippen LogP contribution in [0.2, 0.25) is 0 Å². The molecule has 1 heterocycles. The first kappa shape index (κ1) is 27.0. The van der Waals surface area contributed by atoms with Crippen LogP contribution in [0.25, 0.3) is 11.0 Å². The molecule has 9 heteroatoms. The van der Waals surface area contributed by atoms with Gasteiger partial charge in [-0.2, -0.15) is 13.2 Å². The van der Waals surface area contributed by atoms with Crippen LogP contribution in [-0.4, -0.2) is 47.8 Å². The van der Waals surface area contributed by atoms with Gasteiger partial charge in [0.25, 0.3) is 0 Å². The predicted octanol–water partition coefficient (Wildman–Crippen LogP) is 6.47. The van der Waals surface area contributed by atoms with E-state index >= 15 is 0 Å². The monoisotopic (exact) mass is 547 g/mol. The van der Waals surface area contributed by atoms with Gasteiger partial charge in [0.2, 0.25) is 0 Å². The van der Waals surface area contributed by atoms with Crippen molar-refractivity contribution in [3.8, 4) is 5.75 Å². The van der Waals surface area contributed by atoms with Crippen LogP contribution in [0.1, 0.15) is 64.7 Å². The Kier molecular flexibility index (Phi) is 6.75. The molecule has 0 unspecified atom stereocenters. The second kappa shape index (κ2) is 9.74. The minimum Gasteiger partial charge on any atom is -0.497 e. The van der Waals surface area contributed by atoms with Gasteiger partial charge in [0, 0.05) is 19.1 Å². The molecular weight excluding hydrogens is 507 g/mol. The summed E-state index contributed by atoms with van der Waals surface area (Å²) in [5.41, 5.74) is 1.28. The lowest BCUT2D eigenvalue weighted by atomic mass is 9.43. The number of fused-ring (bicyclic) bond motifs is 6. The molecule has 6 rings (SSSR count). The van der Waals surface area contributed by atoms with Gasteiger partial charge in [-0.1, -0.05) is 12.1 Å². The van der Waals surface area contributed by atoms with Crippen LogP contribution < -0.4 is 4.74 Å². The molecule has 0 spiro atoms. The van der Waals surface area contributed by atoms with Gasteiger partial charge in [-0.25, -0.2) is 4.68 Å². The second-order valence-electron chi connectivity index (χ2n) is 13.1. The number of Topliss-reactive ketones (excluding diaryl/α,β-unsaturated/α-hetero) is 1. The van der Waals surface area contributed by atoms with E-state index in [9.17, 15) is 18.0 Å². The molecule has 0 aliphatic heterocycles. The first-order valence-electron chi connectivity index (χ1n) is 14.6. The maximum atomic E-state index is 13.8. The zero-order valence-electron chi connectivity index (χ0n) is 23.2. The summed E-state index contributed by atoms with van der Waals surface area (Å²) >= 11 is 0. The van der Waals surface area contributed by atoms with E-state index < -0.39 is 12.1 Å². The number of carbonyl (C=O) groups is 1. The molecule has 8 atom stereocenters. The number of benzene rings is 1. The van der Waals surface area contributed by atoms with Crippen LogP contribution in [0.5, 0.6) is 5.75 Å². The number of hydrogen-bond acceptors (Lipinski definition) is 5. The number of halogens is 3. The lowest BCUT2D eigenvalue weighted by Crippen LogP contribution is -2.57. The summed E-state index contributed by atoms with van der Waals surface area (Å²) in [6.07, 6.45) is 2.59. The van der Waals surface area contributed by atoms with E-state index in [2.05, 4.69) is 17.2 Å². The third kappa shape index (κ3) is 4.29. The highest BCUT2D eigenvalue weighted by Gasteiger charge is 2.63. The van der Waals surface area contributed by atoms with Gasteiger partial charge < -0.3 is 9.47 Å². The fourth-order valence-corrected chi connectivity index (χ4v) is 9.88. The Hall–Kier alpha value is -2.16. The summed E-state index contributed by atoms with van der Waals surface area (Å²) < 4.78 is 53.7. The number of methoxy groups -OCH3 is 2. The van der Waals surface area contributed by atoms with Crippen LogP contribution in [0.15, 0.2) is 18.2 Å². The number of aromatic nitrogens is 3. The van der Waals surface area contributed by atoms with Crippen LogP contribution in [0.4, 0.5) is 13.2 Å². The Morgan fingerprint density at radius 3 is 2.64 bits per heavy atom. The van der Waals surface area contributed by atoms with Crippen molar-refractivity contribution in [3.63, 3.8) is 0 Å². The molecule has 0 amide bonds. The van der Waals surface area contributed by atoms with E-state index in [4.69, 9.17) is 9.47 Å². The van der Waals surface area contributed by atoms with Crippen molar-refractivity contribution >= 4 is 16.8 Å². The summed E-state index contributed by atoms with van der Waals surface area (Å²) in [6, 6.07) is 5.58. The maximum Gasteiger partial charge on any atom is 0.391 e. The lowest BCUT2D eigenvalue weighted by Gasteiger charge is -2.62. The molecule has 4 aliphatic rings. The van der Waals surface area contributed by atoms with Gasteiger partial charge in [0.1, 0.15) is 17.8 Å². The number of alkyl halides is 3. The van der Waals surface area contributed by atoms with E-state index in [1.165, 1.54) is 0 Å². The maximum absolute atomic E-state index is 13.8. The van der Waals surface area contributed by atoms with Gasteiger partial charge >= 0.3 is 6.18 Å². The normalized spacial score (nSPS) is 38.2. The van der Waals surface area contributed by atoms with Gasteiger partial charge in [0.05, 0.1) is 25.2 Å². The van der Waals surface area contributed by atoms with Gasteiger partial charge in [-0.3, -0.25) is 4.79 Å². The van der Waals surface area contributed by atoms with E-state index in [0.29, 0.717) is 42.0 Å². The summed E-state index contributed by atoms with van der Waals surface area (Å²) in [6.45, 7) is 3.07. The largest absolute Gasteiger partial charge is 0.497 e. The SMILES string of the molecule is COC[C@]12CC[C@H](C(F)(F)F)C[C@H]1CC[C@H]1[C@@H]3CC[C@H](C(=O)Cn4nnc5cc(OC)ccc54)[C@@]3(C)CC[C@@H]12. The standard InChI is InChI=1S/C30H40F3N3O3/c1-28-12-11-23-21(6-4-18-14-19(30(31,32)33)10-13-29(18,23)17-38-2)22(28)7-8-24(28)27(37)16-36-26-9-5-20(39-3)15-25(26)34-35-36/h5,9,15,18-19,21-24H,4,6-8,10-14,16-17H2,1-3H3/t18-,19+,21+,22+,23+,24-,28+,29-/m1/s1. The molecule has 39 heavy (non-hydrogen) atoms. The van der Waals surface area contributed by atoms with Crippen molar-refractivity contribution in [3.05, 3.63) is 18.2 Å². The first-order valence-corrected chi connectivity index (χ1v) is 14.6. The van der Waals surface area contributed by atoms with Gasteiger partial charge in [0.15, 0.2) is 5.78 Å². The summed E-state index contributed by atoms with van der Waals surface area (Å²) in [5, 5.41) is 8.51. The fourth-order valence-electron chi connectivity index (χ4n) is 9.88. The van der Waals surface area contributed by atoms with E-state index in [1.54, 1.807) is 18.9 Å². The van der Waals surface area contributed by atoms with Crippen molar-refractivity contribution in [2.75, 3.05) is 20.8 Å². The molecular formula is C30H40F3N3O3. The quantitative estimate of drug-likeness (QED) is 0.415. The zero-order chi connectivity index (χ0) is 27.6. The van der Waals surface area contributed by atoms with Crippen molar-refractivity contribution < 1.29 is 27.4 Å². The van der Waals surface area contributed by atoms with Crippen molar-refractivity contribution in [2.45, 2.75) is 77.4 Å². The highest BCUT2D eigenvalue weighted by atomic mass is 19.4. The molecule has 0 saturated heterocycles. The molecule has 4 saturated carbocycles. The molecule has 0 N–H and O–H groups in total. The average molecular weight is 548 g/mol. The molecule has 4 fully saturated rings. The summed E-state index contributed by atoms with van der Waals surface area (Å²) in [7, 11) is 3.31. The highest BCUT2D eigenvalue weighted by Crippen LogP contribution is 2.68. The van der Waals surface area contributed by atoms with E-state index in [-0.39, 0.29) is 47.8 Å². The Bertz CT molecular complexity index is 1230. The summed E-state index contributed by atoms with van der Waals surface area (Å²) in [5.74, 6) is 1.04. The number of ether oxygens (including phenoxy) is 2. The van der Waals surface area contributed by atoms with Crippen molar-refractivity contribution in [2.24, 2.45) is 46.3 Å². The minimum absolute atomic E-state index is 0.0296. The number of hydrogen-bond donors (Lipinski definition) is 0. The minimum atomic E-state index is -4.11. The zero-order valence-corrected chi connectivity index (χ0v) is 23.2. The van der Waals surface area contributed by atoms with Crippen LogP contribution in [0, 0.1) is 46.3 Å². The second-order valence-corrected chi connectivity index (χ2v) is 13.1. The predicted molar refractivity (Wildman–Crippen MR) is 140 cm³/mol. The lowest BCUT2D eigenvalue weighted by molar-refractivity contribution is -0.217. The summed E-state index contributed by atoms with van der Waals surface area (Å²) in [4.78, 5) is 13.8. The van der Waals surface area contributed by atoms with Crippen LogP contribution in [0.3, 0.4) is 0 Å². The Balaban J connectivity index is 1.21. The number of nitrogens with zero attached hydrogens (tertiary/aromatic N) is 3. The smallest absolute Gasteiger partial charge is 0.391 e. The third-order valence-electron chi connectivity index (χ3n) is 11.7. The Morgan fingerprint density at radius 1 is 1.08 bits per heavy atom. The third-order valence-corrected chi connectivity index (χ3v) is 11.7. The fraction of sp³-hybridized carbons (Fsp3) is 0.767. The molecule has 1 aromatic carbocycles. The van der Waals surface area contributed by atoms with Gasteiger partial charge in [-0.05, 0) is 104 Å². The molecule has 4 aliphatic carbocycles. The molecule has 2 aromatic rings. The van der Waals surface area contributed by atoms with Crippen molar-refractivity contribution in [1.29, 1.82) is 0 Å². The highest BCUT2D eigenvalue weighted by molar-refractivity contribution is 5.84. The van der Waals surface area contributed by atoms with E-state index in [1.807, 2.05) is 18.2 Å². The Labute approximate surface area is 228 Å².